The average molecular weight is 466 g/mol. The number of hydrogen-bond donors (Lipinski definition) is 2. The van der Waals surface area contributed by atoms with E-state index in [9.17, 15) is 4.79 Å². The van der Waals surface area contributed by atoms with Crippen molar-refractivity contribution in [3.8, 4) is 11.1 Å². The molecule has 3 aromatic heterocycles. The summed E-state index contributed by atoms with van der Waals surface area (Å²) in [4.78, 5) is 23.9. The summed E-state index contributed by atoms with van der Waals surface area (Å²) in [5.41, 5.74) is 3.20. The lowest BCUT2D eigenvalue weighted by molar-refractivity contribution is 0.205. The summed E-state index contributed by atoms with van der Waals surface area (Å²) in [5.74, 6) is 0.723. The lowest BCUT2D eigenvalue weighted by Gasteiger charge is -2.45. The second-order valence-corrected chi connectivity index (χ2v) is 9.89. The third-order valence-electron chi connectivity index (χ3n) is 7.50. The lowest BCUT2D eigenvalue weighted by atomic mass is 9.80. The van der Waals surface area contributed by atoms with E-state index in [0.717, 1.165) is 60.5 Å². The molecule has 33 heavy (non-hydrogen) atoms. The van der Waals surface area contributed by atoms with Crippen LogP contribution in [-0.4, -0.2) is 49.5 Å². The zero-order chi connectivity index (χ0) is 22.7. The van der Waals surface area contributed by atoms with E-state index in [1.165, 1.54) is 19.3 Å². The van der Waals surface area contributed by atoms with Crippen LogP contribution in [0, 0.1) is 0 Å². The largest absolute Gasteiger partial charge is 0.345 e. The van der Waals surface area contributed by atoms with Crippen LogP contribution in [0.4, 0.5) is 5.95 Å². The molecule has 0 radical (unpaired) electrons. The van der Waals surface area contributed by atoms with Crippen LogP contribution in [0.3, 0.4) is 0 Å². The van der Waals surface area contributed by atoms with Gasteiger partial charge in [0, 0.05) is 61.6 Å². The van der Waals surface area contributed by atoms with E-state index in [1.807, 2.05) is 38.6 Å². The highest BCUT2D eigenvalue weighted by atomic mass is 35.5. The molecule has 6 rings (SSSR count). The molecule has 1 spiro atoms. The van der Waals surface area contributed by atoms with Crippen LogP contribution in [0.2, 0.25) is 5.02 Å². The van der Waals surface area contributed by atoms with E-state index in [1.54, 1.807) is 9.25 Å². The molecule has 0 aliphatic carbocycles. The van der Waals surface area contributed by atoms with Crippen LogP contribution in [-0.2, 0) is 14.1 Å². The zero-order valence-corrected chi connectivity index (χ0v) is 19.7. The van der Waals surface area contributed by atoms with E-state index < -0.39 is 0 Å². The van der Waals surface area contributed by atoms with Crippen molar-refractivity contribution in [2.75, 3.05) is 24.5 Å². The first kappa shape index (κ1) is 20.7. The normalized spacial score (nSPS) is 18.6. The standard InChI is InChI=1S/C24H28ClN7O/c1-30-14-17-18(29-30)6-5-15(20(17)25)16-13-26-21-19(16)22(33)31(2)23(28-21)32-11-8-24(9-12-32)7-3-4-10-27-24/h5-6,13-14,26-27H,3-4,7-12H2,1-2H3. The van der Waals surface area contributed by atoms with E-state index in [2.05, 4.69) is 20.3 Å². The molecule has 2 saturated heterocycles. The van der Waals surface area contributed by atoms with Crippen molar-refractivity contribution in [1.29, 1.82) is 0 Å². The quantitative estimate of drug-likeness (QED) is 0.472. The van der Waals surface area contributed by atoms with Gasteiger partial charge in [-0.25, -0.2) is 0 Å². The van der Waals surface area contributed by atoms with Gasteiger partial charge in [0.05, 0.1) is 15.9 Å². The van der Waals surface area contributed by atoms with Crippen LogP contribution < -0.4 is 15.8 Å². The molecule has 0 unspecified atom stereocenters. The van der Waals surface area contributed by atoms with Crippen molar-refractivity contribution in [3.05, 3.63) is 39.9 Å². The van der Waals surface area contributed by atoms with Crippen molar-refractivity contribution in [1.82, 2.24) is 29.6 Å². The smallest absolute Gasteiger partial charge is 0.264 e. The molecule has 2 aliphatic heterocycles. The minimum absolute atomic E-state index is 0.0651. The molecule has 5 heterocycles. The number of benzene rings is 1. The number of aromatic nitrogens is 5. The molecular weight excluding hydrogens is 438 g/mol. The van der Waals surface area contributed by atoms with Crippen LogP contribution in [0.15, 0.2) is 29.3 Å². The number of H-pyrrole nitrogens is 1. The molecule has 8 nitrogen and oxygen atoms in total. The number of nitrogens with one attached hydrogen (secondary N) is 2. The zero-order valence-electron chi connectivity index (χ0n) is 19.0. The van der Waals surface area contributed by atoms with Gasteiger partial charge in [-0.15, -0.1) is 0 Å². The second kappa shape index (κ2) is 7.60. The Balaban J connectivity index is 1.38. The minimum Gasteiger partial charge on any atom is -0.345 e. The van der Waals surface area contributed by atoms with Crippen molar-refractivity contribution in [2.24, 2.45) is 14.1 Å². The monoisotopic (exact) mass is 465 g/mol. The first-order valence-electron chi connectivity index (χ1n) is 11.7. The van der Waals surface area contributed by atoms with Gasteiger partial charge in [0.1, 0.15) is 5.65 Å². The van der Waals surface area contributed by atoms with Crippen molar-refractivity contribution in [3.63, 3.8) is 0 Å². The number of hydrogen-bond acceptors (Lipinski definition) is 5. The summed E-state index contributed by atoms with van der Waals surface area (Å²) in [6, 6.07) is 3.86. The highest BCUT2D eigenvalue weighted by molar-refractivity contribution is 6.38. The number of aryl methyl sites for hydroxylation is 1. The van der Waals surface area contributed by atoms with Crippen molar-refractivity contribution < 1.29 is 0 Å². The van der Waals surface area contributed by atoms with Crippen molar-refractivity contribution in [2.45, 2.75) is 37.6 Å². The van der Waals surface area contributed by atoms with Gasteiger partial charge in [-0.05, 0) is 38.3 Å². The Morgan fingerprint density at radius 1 is 1.09 bits per heavy atom. The van der Waals surface area contributed by atoms with E-state index in [-0.39, 0.29) is 11.1 Å². The Labute approximate surface area is 196 Å². The van der Waals surface area contributed by atoms with E-state index in [0.29, 0.717) is 16.1 Å². The number of piperidine rings is 2. The molecule has 2 aliphatic rings. The Morgan fingerprint density at radius 3 is 2.67 bits per heavy atom. The van der Waals surface area contributed by atoms with E-state index >= 15 is 0 Å². The lowest BCUT2D eigenvalue weighted by Crippen LogP contribution is -2.56. The maximum atomic E-state index is 13.5. The molecule has 1 aromatic carbocycles. The minimum atomic E-state index is -0.0651. The number of nitrogens with zero attached hydrogens (tertiary/aromatic N) is 5. The first-order chi connectivity index (χ1) is 16.0. The van der Waals surface area contributed by atoms with Gasteiger partial charge in [0.2, 0.25) is 5.95 Å². The summed E-state index contributed by atoms with van der Waals surface area (Å²) in [5, 5.41) is 10.2. The van der Waals surface area contributed by atoms with Gasteiger partial charge in [-0.1, -0.05) is 24.1 Å². The SMILES string of the molecule is Cn1cc2c(Cl)c(-c3c[nH]c4nc(N5CCC6(CCCCN6)CC5)n(C)c(=O)c34)ccc2n1. The maximum Gasteiger partial charge on any atom is 0.264 e. The Kier molecular flexibility index (Phi) is 4.78. The molecule has 0 saturated carbocycles. The second-order valence-electron chi connectivity index (χ2n) is 9.52. The molecule has 9 heteroatoms. The predicted molar refractivity (Wildman–Crippen MR) is 132 cm³/mol. The van der Waals surface area contributed by atoms with Gasteiger partial charge in [0.25, 0.3) is 5.56 Å². The highest BCUT2D eigenvalue weighted by Crippen LogP contribution is 2.37. The first-order valence-corrected chi connectivity index (χ1v) is 12.0. The molecule has 4 aromatic rings. The molecule has 0 amide bonds. The topological polar surface area (TPSA) is 83.8 Å². The Morgan fingerprint density at radius 2 is 1.91 bits per heavy atom. The molecule has 0 bridgehead atoms. The number of halogens is 1. The van der Waals surface area contributed by atoms with Gasteiger partial charge in [0.15, 0.2) is 0 Å². The third-order valence-corrected chi connectivity index (χ3v) is 7.91. The summed E-state index contributed by atoms with van der Waals surface area (Å²) in [6.07, 6.45) is 9.71. The van der Waals surface area contributed by atoms with Crippen molar-refractivity contribution >= 4 is 39.5 Å². The Bertz CT molecular complexity index is 1420. The molecule has 172 valence electrons. The molecule has 0 atom stereocenters. The third kappa shape index (κ3) is 3.27. The fourth-order valence-corrected chi connectivity index (χ4v) is 5.93. The summed E-state index contributed by atoms with van der Waals surface area (Å²) in [7, 11) is 3.69. The summed E-state index contributed by atoms with van der Waals surface area (Å²) < 4.78 is 3.43. The summed E-state index contributed by atoms with van der Waals surface area (Å²) in [6.45, 7) is 2.91. The van der Waals surface area contributed by atoms with Crippen LogP contribution in [0.1, 0.15) is 32.1 Å². The molecular formula is C24H28ClN7O. The number of rotatable bonds is 2. The maximum absolute atomic E-state index is 13.5. The van der Waals surface area contributed by atoms with Gasteiger partial charge < -0.3 is 15.2 Å². The Hall–Kier alpha value is -2.84. The molecule has 2 fully saturated rings. The molecule has 2 N–H and O–H groups in total. The van der Waals surface area contributed by atoms with Crippen LogP contribution >= 0.6 is 11.6 Å². The van der Waals surface area contributed by atoms with Crippen LogP contribution in [0.25, 0.3) is 33.1 Å². The summed E-state index contributed by atoms with van der Waals surface area (Å²) >= 11 is 6.75. The van der Waals surface area contributed by atoms with Gasteiger partial charge >= 0.3 is 0 Å². The van der Waals surface area contributed by atoms with Gasteiger partial charge in [-0.2, -0.15) is 10.1 Å². The number of aromatic amines is 1. The predicted octanol–water partition coefficient (Wildman–Crippen LogP) is 3.58. The van der Waals surface area contributed by atoms with Gasteiger partial charge in [-0.3, -0.25) is 14.0 Å². The fourth-order valence-electron chi connectivity index (χ4n) is 5.62. The highest BCUT2D eigenvalue weighted by Gasteiger charge is 2.36. The van der Waals surface area contributed by atoms with E-state index in [4.69, 9.17) is 16.6 Å². The van der Waals surface area contributed by atoms with Crippen LogP contribution in [0.5, 0.6) is 0 Å². The average Bonchev–Trinajstić information content (AvgIpc) is 3.41. The number of anilines is 1. The fraction of sp³-hybridized carbons (Fsp3) is 0.458. The number of fused-ring (bicyclic) bond motifs is 2.